The van der Waals surface area contributed by atoms with Gasteiger partial charge in [-0.1, -0.05) is 17.7 Å². The molecule has 2 aliphatic rings. The predicted octanol–water partition coefficient (Wildman–Crippen LogP) is 3.58. The van der Waals surface area contributed by atoms with Crippen molar-refractivity contribution in [2.75, 3.05) is 38.0 Å². The number of furan rings is 1. The zero-order valence-corrected chi connectivity index (χ0v) is 17.5. The van der Waals surface area contributed by atoms with Gasteiger partial charge in [0, 0.05) is 55.4 Å². The highest BCUT2D eigenvalue weighted by Gasteiger charge is 2.42. The van der Waals surface area contributed by atoms with Crippen LogP contribution in [0.1, 0.15) is 28.1 Å². The van der Waals surface area contributed by atoms with E-state index in [2.05, 4.69) is 10.2 Å². The third kappa shape index (κ3) is 4.33. The average Bonchev–Trinajstić information content (AvgIpc) is 3.37. The van der Waals surface area contributed by atoms with E-state index in [0.29, 0.717) is 29.0 Å². The van der Waals surface area contributed by atoms with Gasteiger partial charge in [-0.05, 0) is 49.4 Å². The fraction of sp³-hybridized carbons (Fsp3) is 0.455. The first-order chi connectivity index (χ1) is 13.9. The zero-order valence-electron chi connectivity index (χ0n) is 16.8. The van der Waals surface area contributed by atoms with E-state index in [1.54, 1.807) is 12.3 Å². The Morgan fingerprint density at radius 2 is 1.83 bits per heavy atom. The van der Waals surface area contributed by atoms with Crippen molar-refractivity contribution in [2.24, 2.45) is 11.8 Å². The number of rotatable bonds is 5. The molecule has 2 fully saturated rings. The number of aryl methyl sites for hydroxylation is 2. The molecule has 2 unspecified atom stereocenters. The van der Waals surface area contributed by atoms with Gasteiger partial charge >= 0.3 is 0 Å². The van der Waals surface area contributed by atoms with Crippen LogP contribution in [-0.2, 0) is 4.79 Å². The second-order valence-corrected chi connectivity index (χ2v) is 8.59. The number of nitrogens with one attached hydrogen (secondary N) is 1. The van der Waals surface area contributed by atoms with Crippen LogP contribution < -0.4 is 5.32 Å². The minimum Gasteiger partial charge on any atom is -0.459 e. The van der Waals surface area contributed by atoms with Crippen LogP contribution in [-0.4, -0.2) is 54.3 Å². The SMILES string of the molecule is Cc1ccc(NC(=O)CCN2CC3CN(C(=O)c4occc4C)CC3C2)cc1Cl. The monoisotopic (exact) mass is 415 g/mol. The summed E-state index contributed by atoms with van der Waals surface area (Å²) in [6.45, 7) is 7.92. The van der Waals surface area contributed by atoms with Crippen LogP contribution in [0.2, 0.25) is 5.02 Å². The number of hydrogen-bond donors (Lipinski definition) is 1. The van der Waals surface area contributed by atoms with Crippen LogP contribution in [0.15, 0.2) is 34.9 Å². The molecule has 2 aromatic rings. The van der Waals surface area contributed by atoms with Crippen LogP contribution in [0.5, 0.6) is 0 Å². The van der Waals surface area contributed by atoms with Crippen LogP contribution in [0.4, 0.5) is 5.69 Å². The number of nitrogens with zero attached hydrogens (tertiary/aromatic N) is 2. The van der Waals surface area contributed by atoms with Gasteiger partial charge in [-0.15, -0.1) is 0 Å². The summed E-state index contributed by atoms with van der Waals surface area (Å²) >= 11 is 6.11. The van der Waals surface area contributed by atoms with Gasteiger partial charge in [0.15, 0.2) is 5.76 Å². The molecule has 0 saturated carbocycles. The Morgan fingerprint density at radius 3 is 2.45 bits per heavy atom. The second-order valence-electron chi connectivity index (χ2n) is 8.18. The summed E-state index contributed by atoms with van der Waals surface area (Å²) in [7, 11) is 0. The Bertz CT molecular complexity index is 912. The van der Waals surface area contributed by atoms with Crippen molar-refractivity contribution in [3.8, 4) is 0 Å². The second kappa shape index (κ2) is 8.20. The number of likely N-dealkylation sites (tertiary alicyclic amines) is 2. The predicted molar refractivity (Wildman–Crippen MR) is 112 cm³/mol. The minimum atomic E-state index is -0.00964. The smallest absolute Gasteiger partial charge is 0.289 e. The lowest BCUT2D eigenvalue weighted by Gasteiger charge is -2.21. The van der Waals surface area contributed by atoms with Crippen molar-refractivity contribution >= 4 is 29.1 Å². The third-order valence-electron chi connectivity index (χ3n) is 6.02. The van der Waals surface area contributed by atoms with E-state index in [1.165, 1.54) is 0 Å². The van der Waals surface area contributed by atoms with Crippen LogP contribution >= 0.6 is 11.6 Å². The topological polar surface area (TPSA) is 65.8 Å². The lowest BCUT2D eigenvalue weighted by atomic mass is 10.0. The van der Waals surface area contributed by atoms with E-state index in [0.717, 1.165) is 49.5 Å². The number of carbonyl (C=O) groups is 2. The molecule has 6 nitrogen and oxygen atoms in total. The highest BCUT2D eigenvalue weighted by atomic mass is 35.5. The summed E-state index contributed by atoms with van der Waals surface area (Å²) in [6, 6.07) is 7.37. The maximum absolute atomic E-state index is 12.6. The zero-order chi connectivity index (χ0) is 20.5. The maximum atomic E-state index is 12.6. The number of carbonyl (C=O) groups excluding carboxylic acids is 2. The molecule has 2 saturated heterocycles. The molecule has 7 heteroatoms. The summed E-state index contributed by atoms with van der Waals surface area (Å²) in [5.41, 5.74) is 2.60. The molecule has 2 atom stereocenters. The Labute approximate surface area is 175 Å². The third-order valence-corrected chi connectivity index (χ3v) is 6.42. The van der Waals surface area contributed by atoms with Crippen LogP contribution in [0.25, 0.3) is 0 Å². The molecular weight excluding hydrogens is 390 g/mol. The van der Waals surface area contributed by atoms with Crippen molar-refractivity contribution in [3.63, 3.8) is 0 Å². The molecule has 0 bridgehead atoms. The molecule has 1 aromatic heterocycles. The Morgan fingerprint density at radius 1 is 1.10 bits per heavy atom. The number of anilines is 1. The maximum Gasteiger partial charge on any atom is 0.289 e. The van der Waals surface area contributed by atoms with Gasteiger partial charge in [0.25, 0.3) is 5.91 Å². The highest BCUT2D eigenvalue weighted by Crippen LogP contribution is 2.32. The quantitative estimate of drug-likeness (QED) is 0.810. The first kappa shape index (κ1) is 20.0. The van der Waals surface area contributed by atoms with Gasteiger partial charge in [-0.2, -0.15) is 0 Å². The molecule has 1 N–H and O–H groups in total. The molecule has 0 radical (unpaired) electrons. The number of halogens is 1. The van der Waals surface area contributed by atoms with Crippen molar-refractivity contribution in [1.29, 1.82) is 0 Å². The summed E-state index contributed by atoms with van der Waals surface area (Å²) in [5, 5.41) is 3.57. The minimum absolute atomic E-state index is 0.00734. The van der Waals surface area contributed by atoms with E-state index >= 15 is 0 Å². The van der Waals surface area contributed by atoms with Crippen molar-refractivity contribution in [2.45, 2.75) is 20.3 Å². The Kier molecular flexibility index (Phi) is 5.65. The molecular formula is C22H26ClN3O3. The van der Waals surface area contributed by atoms with Crippen LogP contribution in [0, 0.1) is 25.7 Å². The largest absolute Gasteiger partial charge is 0.459 e. The molecule has 29 heavy (non-hydrogen) atoms. The summed E-state index contributed by atoms with van der Waals surface area (Å²) in [4.78, 5) is 29.1. The highest BCUT2D eigenvalue weighted by molar-refractivity contribution is 6.31. The molecule has 2 amide bonds. The standard InChI is InChI=1S/C22H26ClN3O3/c1-14-3-4-18(9-19(14)23)24-20(27)5-7-25-10-16-12-26(13-17(16)11-25)22(28)21-15(2)6-8-29-21/h3-4,6,8-9,16-17H,5,7,10-13H2,1-2H3,(H,24,27). The first-order valence-electron chi connectivity index (χ1n) is 10.0. The van der Waals surface area contributed by atoms with Gasteiger partial charge in [-0.25, -0.2) is 0 Å². The molecule has 2 aliphatic heterocycles. The number of hydrogen-bond acceptors (Lipinski definition) is 4. The lowest BCUT2D eigenvalue weighted by Crippen LogP contribution is -2.34. The normalized spacial score (nSPS) is 21.4. The number of benzene rings is 1. The van der Waals surface area contributed by atoms with Crippen molar-refractivity contribution in [3.05, 3.63) is 52.4 Å². The van der Waals surface area contributed by atoms with E-state index in [-0.39, 0.29) is 11.8 Å². The fourth-order valence-corrected chi connectivity index (χ4v) is 4.51. The number of fused-ring (bicyclic) bond motifs is 1. The van der Waals surface area contributed by atoms with E-state index in [4.69, 9.17) is 16.0 Å². The summed E-state index contributed by atoms with van der Waals surface area (Å²) in [6.07, 6.45) is 2.01. The van der Waals surface area contributed by atoms with Gasteiger partial charge in [0.1, 0.15) is 0 Å². The van der Waals surface area contributed by atoms with Crippen molar-refractivity contribution < 1.29 is 14.0 Å². The molecule has 154 valence electrons. The Hall–Kier alpha value is -2.31. The first-order valence-corrected chi connectivity index (χ1v) is 10.4. The van der Waals surface area contributed by atoms with Crippen LogP contribution in [0.3, 0.4) is 0 Å². The van der Waals surface area contributed by atoms with Gasteiger partial charge in [0.2, 0.25) is 5.91 Å². The van der Waals surface area contributed by atoms with E-state index in [1.807, 2.05) is 36.9 Å². The molecule has 1 aromatic carbocycles. The molecule has 4 rings (SSSR count). The number of amides is 2. The fourth-order valence-electron chi connectivity index (χ4n) is 4.33. The summed E-state index contributed by atoms with van der Waals surface area (Å²) in [5.74, 6) is 1.37. The van der Waals surface area contributed by atoms with Gasteiger partial charge < -0.3 is 19.5 Å². The molecule has 0 spiro atoms. The van der Waals surface area contributed by atoms with Crippen molar-refractivity contribution in [1.82, 2.24) is 9.80 Å². The molecule has 3 heterocycles. The van der Waals surface area contributed by atoms with E-state index < -0.39 is 0 Å². The molecule has 0 aliphatic carbocycles. The average molecular weight is 416 g/mol. The Balaban J connectivity index is 1.23. The van der Waals surface area contributed by atoms with Gasteiger partial charge in [0.05, 0.1) is 6.26 Å². The lowest BCUT2D eigenvalue weighted by molar-refractivity contribution is -0.116. The van der Waals surface area contributed by atoms with E-state index in [9.17, 15) is 9.59 Å². The van der Waals surface area contributed by atoms with Gasteiger partial charge in [-0.3, -0.25) is 9.59 Å². The summed E-state index contributed by atoms with van der Waals surface area (Å²) < 4.78 is 5.36.